The van der Waals surface area contributed by atoms with Gasteiger partial charge in [-0.1, -0.05) is 0 Å². The van der Waals surface area contributed by atoms with Crippen LogP contribution in [0.15, 0.2) is 54.7 Å². The molecule has 0 aliphatic carbocycles. The Labute approximate surface area is 127 Å². The van der Waals surface area contributed by atoms with E-state index in [0.29, 0.717) is 11.3 Å². The van der Waals surface area contributed by atoms with Gasteiger partial charge in [-0.2, -0.15) is 5.10 Å². The standard InChI is InChI=1S/C17H15FN2O2/c1-22-16-8-2-12(3-9-16)17-13(11-21)10-20(19-17)15-6-4-14(18)5-7-15/h2-10,21H,11H2,1H3. The average Bonchev–Trinajstić information content (AvgIpc) is 3.00. The molecule has 0 atom stereocenters. The normalized spacial score (nSPS) is 10.7. The van der Waals surface area contributed by atoms with Crippen molar-refractivity contribution >= 4 is 0 Å². The number of aromatic nitrogens is 2. The minimum absolute atomic E-state index is 0.122. The molecule has 22 heavy (non-hydrogen) atoms. The Kier molecular flexibility index (Phi) is 3.89. The molecular weight excluding hydrogens is 283 g/mol. The largest absolute Gasteiger partial charge is 0.497 e. The van der Waals surface area contributed by atoms with Gasteiger partial charge in [-0.25, -0.2) is 9.07 Å². The molecule has 0 unspecified atom stereocenters. The summed E-state index contributed by atoms with van der Waals surface area (Å²) in [4.78, 5) is 0. The summed E-state index contributed by atoms with van der Waals surface area (Å²) in [5, 5.41) is 14.0. The van der Waals surface area contributed by atoms with Crippen molar-refractivity contribution in [3.05, 3.63) is 66.1 Å². The summed E-state index contributed by atoms with van der Waals surface area (Å²) < 4.78 is 19.8. The van der Waals surface area contributed by atoms with E-state index in [2.05, 4.69) is 5.10 Å². The van der Waals surface area contributed by atoms with Crippen LogP contribution in [0.25, 0.3) is 16.9 Å². The van der Waals surface area contributed by atoms with Crippen molar-refractivity contribution in [1.29, 1.82) is 0 Å². The zero-order chi connectivity index (χ0) is 15.5. The third-order valence-corrected chi connectivity index (χ3v) is 3.41. The molecule has 0 amide bonds. The Morgan fingerprint density at radius 3 is 2.36 bits per heavy atom. The molecule has 3 rings (SSSR count). The van der Waals surface area contributed by atoms with Crippen molar-refractivity contribution in [2.75, 3.05) is 7.11 Å². The Hall–Kier alpha value is -2.66. The second kappa shape index (κ2) is 5.99. The molecule has 2 aromatic carbocycles. The second-order valence-electron chi connectivity index (χ2n) is 4.81. The van der Waals surface area contributed by atoms with Gasteiger partial charge in [0.15, 0.2) is 0 Å². The van der Waals surface area contributed by atoms with Gasteiger partial charge >= 0.3 is 0 Å². The Bertz CT molecular complexity index is 764. The summed E-state index contributed by atoms with van der Waals surface area (Å²) in [6.07, 6.45) is 1.74. The predicted octanol–water partition coefficient (Wildman–Crippen LogP) is 3.18. The molecular formula is C17H15FN2O2. The second-order valence-corrected chi connectivity index (χ2v) is 4.81. The van der Waals surface area contributed by atoms with Crippen LogP contribution in [0.1, 0.15) is 5.56 Å². The molecule has 3 aromatic rings. The number of ether oxygens (including phenoxy) is 1. The summed E-state index contributed by atoms with van der Waals surface area (Å²) in [6, 6.07) is 13.5. The van der Waals surface area contributed by atoms with E-state index >= 15 is 0 Å². The van der Waals surface area contributed by atoms with Crippen LogP contribution < -0.4 is 4.74 Å². The highest BCUT2D eigenvalue weighted by Crippen LogP contribution is 2.25. The smallest absolute Gasteiger partial charge is 0.123 e. The highest BCUT2D eigenvalue weighted by atomic mass is 19.1. The first kappa shape index (κ1) is 14.3. The van der Waals surface area contributed by atoms with Crippen molar-refractivity contribution in [3.63, 3.8) is 0 Å². The number of halogens is 1. The van der Waals surface area contributed by atoms with E-state index < -0.39 is 0 Å². The zero-order valence-electron chi connectivity index (χ0n) is 12.0. The monoisotopic (exact) mass is 298 g/mol. The molecule has 4 nitrogen and oxygen atoms in total. The van der Waals surface area contributed by atoms with Gasteiger partial charge in [0.05, 0.1) is 25.1 Å². The molecule has 0 radical (unpaired) electrons. The fraction of sp³-hybridized carbons (Fsp3) is 0.118. The van der Waals surface area contributed by atoms with Gasteiger partial charge in [-0.05, 0) is 48.5 Å². The SMILES string of the molecule is COc1ccc(-c2nn(-c3ccc(F)cc3)cc2CO)cc1. The van der Waals surface area contributed by atoms with Crippen molar-refractivity contribution in [2.24, 2.45) is 0 Å². The fourth-order valence-corrected chi connectivity index (χ4v) is 2.24. The van der Waals surface area contributed by atoms with Crippen molar-refractivity contribution in [2.45, 2.75) is 6.61 Å². The first-order valence-electron chi connectivity index (χ1n) is 6.81. The summed E-state index contributed by atoms with van der Waals surface area (Å²) in [6.45, 7) is -0.122. The summed E-state index contributed by atoms with van der Waals surface area (Å²) in [5.74, 6) is 0.459. The van der Waals surface area contributed by atoms with Crippen LogP contribution in [0.4, 0.5) is 4.39 Å². The molecule has 1 heterocycles. The molecule has 0 saturated carbocycles. The van der Waals surface area contributed by atoms with Gasteiger partial charge in [-0.3, -0.25) is 0 Å². The van der Waals surface area contributed by atoms with Gasteiger partial charge < -0.3 is 9.84 Å². The number of aliphatic hydroxyl groups excluding tert-OH is 1. The summed E-state index contributed by atoms with van der Waals surface area (Å²) in [5.41, 5.74) is 3.01. The highest BCUT2D eigenvalue weighted by Gasteiger charge is 2.11. The quantitative estimate of drug-likeness (QED) is 0.804. The van der Waals surface area contributed by atoms with Crippen LogP contribution in [-0.2, 0) is 6.61 Å². The van der Waals surface area contributed by atoms with Crippen LogP contribution >= 0.6 is 0 Å². The maximum absolute atomic E-state index is 13.0. The van der Waals surface area contributed by atoms with Crippen molar-refractivity contribution in [3.8, 4) is 22.7 Å². The molecule has 5 heteroatoms. The van der Waals surface area contributed by atoms with E-state index in [1.54, 1.807) is 30.1 Å². The lowest BCUT2D eigenvalue weighted by atomic mass is 10.1. The Balaban J connectivity index is 2.02. The summed E-state index contributed by atoms with van der Waals surface area (Å²) in [7, 11) is 1.61. The van der Waals surface area contributed by atoms with Crippen LogP contribution in [0.2, 0.25) is 0 Å². The van der Waals surface area contributed by atoms with Crippen LogP contribution in [0, 0.1) is 5.82 Å². The number of nitrogens with zero attached hydrogens (tertiary/aromatic N) is 2. The minimum atomic E-state index is -0.298. The molecule has 112 valence electrons. The van der Waals surface area contributed by atoms with Gasteiger partial charge in [0.25, 0.3) is 0 Å². The first-order valence-corrected chi connectivity index (χ1v) is 6.81. The lowest BCUT2D eigenvalue weighted by Gasteiger charge is -2.03. The van der Waals surface area contributed by atoms with Crippen molar-refractivity contribution in [1.82, 2.24) is 9.78 Å². The first-order chi connectivity index (χ1) is 10.7. The number of rotatable bonds is 4. The van der Waals surface area contributed by atoms with E-state index in [9.17, 15) is 9.50 Å². The Morgan fingerprint density at radius 1 is 1.09 bits per heavy atom. The zero-order valence-corrected chi connectivity index (χ0v) is 12.0. The number of methoxy groups -OCH3 is 1. The van der Waals surface area contributed by atoms with Crippen molar-refractivity contribution < 1.29 is 14.2 Å². The molecule has 0 spiro atoms. The summed E-state index contributed by atoms with van der Waals surface area (Å²) >= 11 is 0. The third kappa shape index (κ3) is 2.71. The maximum Gasteiger partial charge on any atom is 0.123 e. The maximum atomic E-state index is 13.0. The molecule has 0 fully saturated rings. The van der Waals surface area contributed by atoms with Crippen LogP contribution in [0.5, 0.6) is 5.75 Å². The van der Waals surface area contributed by atoms with Gasteiger partial charge in [0.1, 0.15) is 11.6 Å². The molecule has 1 aromatic heterocycles. The van der Waals surface area contributed by atoms with Gasteiger partial charge in [0.2, 0.25) is 0 Å². The molecule has 1 N–H and O–H groups in total. The highest BCUT2D eigenvalue weighted by molar-refractivity contribution is 5.64. The number of hydrogen-bond donors (Lipinski definition) is 1. The lowest BCUT2D eigenvalue weighted by molar-refractivity contribution is 0.282. The van der Waals surface area contributed by atoms with Crippen LogP contribution in [0.3, 0.4) is 0 Å². The van der Waals surface area contributed by atoms with E-state index in [0.717, 1.165) is 17.0 Å². The predicted molar refractivity (Wildman–Crippen MR) is 81.4 cm³/mol. The third-order valence-electron chi connectivity index (χ3n) is 3.41. The van der Waals surface area contributed by atoms with Gasteiger partial charge in [-0.15, -0.1) is 0 Å². The minimum Gasteiger partial charge on any atom is -0.497 e. The van der Waals surface area contributed by atoms with Gasteiger partial charge in [0, 0.05) is 17.3 Å². The molecule has 0 saturated heterocycles. The molecule has 0 aliphatic rings. The topological polar surface area (TPSA) is 47.3 Å². The fourth-order valence-electron chi connectivity index (χ4n) is 2.24. The molecule has 0 aliphatic heterocycles. The van der Waals surface area contributed by atoms with Crippen LogP contribution in [-0.4, -0.2) is 22.0 Å². The number of aliphatic hydroxyl groups is 1. The number of hydrogen-bond acceptors (Lipinski definition) is 3. The molecule has 0 bridgehead atoms. The number of benzene rings is 2. The van der Waals surface area contributed by atoms with E-state index in [1.807, 2.05) is 24.3 Å². The Morgan fingerprint density at radius 2 is 1.77 bits per heavy atom. The van der Waals surface area contributed by atoms with E-state index in [4.69, 9.17) is 4.74 Å². The van der Waals surface area contributed by atoms with E-state index in [-0.39, 0.29) is 12.4 Å². The van der Waals surface area contributed by atoms with E-state index in [1.165, 1.54) is 12.1 Å². The average molecular weight is 298 g/mol. The lowest BCUT2D eigenvalue weighted by Crippen LogP contribution is -1.94.